The van der Waals surface area contributed by atoms with Gasteiger partial charge in [0.1, 0.15) is 5.75 Å². The Kier molecular flexibility index (Phi) is 5.18. The van der Waals surface area contributed by atoms with E-state index in [2.05, 4.69) is 15.1 Å². The van der Waals surface area contributed by atoms with Crippen molar-refractivity contribution in [2.45, 2.75) is 38.3 Å². The van der Waals surface area contributed by atoms with Gasteiger partial charge in [-0.2, -0.15) is 0 Å². The number of hydrogen-bond donors (Lipinski definition) is 1. The zero-order valence-corrected chi connectivity index (χ0v) is 14.1. The molecule has 2 fully saturated rings. The first-order valence-corrected chi connectivity index (χ1v) is 8.60. The molecule has 1 aromatic carbocycles. The summed E-state index contributed by atoms with van der Waals surface area (Å²) < 4.78 is 5.14. The van der Waals surface area contributed by atoms with E-state index in [0.717, 1.165) is 24.5 Å². The molecule has 2 heterocycles. The van der Waals surface area contributed by atoms with E-state index in [0.29, 0.717) is 6.04 Å². The van der Waals surface area contributed by atoms with E-state index in [4.69, 9.17) is 4.74 Å². The van der Waals surface area contributed by atoms with Crippen molar-refractivity contribution in [3.8, 4) is 5.75 Å². The molecular weight excluding hydrogens is 290 g/mol. The Labute approximate surface area is 138 Å². The van der Waals surface area contributed by atoms with E-state index in [1.165, 1.54) is 32.4 Å². The normalized spacial score (nSPS) is 23.8. The number of carbonyl (C=O) groups is 1. The molecule has 2 aliphatic heterocycles. The Hall–Kier alpha value is -1.59. The Morgan fingerprint density at radius 1 is 1.22 bits per heavy atom. The van der Waals surface area contributed by atoms with Crippen molar-refractivity contribution in [2.75, 3.05) is 38.6 Å². The molecule has 0 spiro atoms. The van der Waals surface area contributed by atoms with Crippen molar-refractivity contribution in [2.24, 2.45) is 0 Å². The second-order valence-electron chi connectivity index (χ2n) is 6.57. The second kappa shape index (κ2) is 7.32. The number of rotatable bonds is 5. The zero-order chi connectivity index (χ0) is 16.2. The monoisotopic (exact) mass is 317 g/mol. The third kappa shape index (κ3) is 3.85. The van der Waals surface area contributed by atoms with Crippen molar-refractivity contribution in [3.05, 3.63) is 24.3 Å². The van der Waals surface area contributed by atoms with E-state index in [1.54, 1.807) is 7.11 Å². The van der Waals surface area contributed by atoms with Gasteiger partial charge in [0.25, 0.3) is 0 Å². The highest BCUT2D eigenvalue weighted by molar-refractivity contribution is 5.94. The number of nitrogens with one attached hydrogen (secondary N) is 1. The Morgan fingerprint density at radius 3 is 2.57 bits per heavy atom. The fourth-order valence-electron chi connectivity index (χ4n) is 3.61. The molecule has 23 heavy (non-hydrogen) atoms. The maximum Gasteiger partial charge on any atom is 0.241 e. The molecule has 2 aliphatic rings. The lowest BCUT2D eigenvalue weighted by atomic mass is 10.2. The van der Waals surface area contributed by atoms with Crippen LogP contribution in [0.5, 0.6) is 5.75 Å². The van der Waals surface area contributed by atoms with E-state index in [1.807, 2.05) is 31.2 Å². The fraction of sp³-hybridized carbons (Fsp3) is 0.611. The molecule has 0 aliphatic carbocycles. The minimum Gasteiger partial charge on any atom is -0.497 e. The van der Waals surface area contributed by atoms with Crippen molar-refractivity contribution in [1.29, 1.82) is 0 Å². The Morgan fingerprint density at radius 2 is 1.91 bits per heavy atom. The molecule has 1 amide bonds. The van der Waals surface area contributed by atoms with Gasteiger partial charge in [-0.15, -0.1) is 0 Å². The summed E-state index contributed by atoms with van der Waals surface area (Å²) in [4.78, 5) is 17.4. The second-order valence-corrected chi connectivity index (χ2v) is 6.57. The number of ether oxygens (including phenoxy) is 1. The van der Waals surface area contributed by atoms with Crippen LogP contribution in [0.15, 0.2) is 24.3 Å². The number of amides is 1. The number of nitrogens with zero attached hydrogens (tertiary/aromatic N) is 2. The first kappa shape index (κ1) is 16.3. The maximum absolute atomic E-state index is 12.5. The molecule has 126 valence electrons. The van der Waals surface area contributed by atoms with Gasteiger partial charge in [-0.3, -0.25) is 14.6 Å². The van der Waals surface area contributed by atoms with Crippen LogP contribution in [0.4, 0.5) is 5.69 Å². The summed E-state index contributed by atoms with van der Waals surface area (Å²) in [5.74, 6) is 0.862. The molecule has 2 atom stereocenters. The highest BCUT2D eigenvalue weighted by atomic mass is 16.5. The van der Waals surface area contributed by atoms with Gasteiger partial charge < -0.3 is 10.1 Å². The summed E-state index contributed by atoms with van der Waals surface area (Å²) in [5.41, 5.74) is 0.818. The van der Waals surface area contributed by atoms with Crippen molar-refractivity contribution < 1.29 is 9.53 Å². The van der Waals surface area contributed by atoms with Crippen LogP contribution in [0, 0.1) is 0 Å². The predicted octanol–water partition coefficient (Wildman–Crippen LogP) is 2.19. The van der Waals surface area contributed by atoms with Gasteiger partial charge in [-0.25, -0.2) is 0 Å². The van der Waals surface area contributed by atoms with Gasteiger partial charge in [0.05, 0.1) is 13.2 Å². The quantitative estimate of drug-likeness (QED) is 0.904. The van der Waals surface area contributed by atoms with E-state index in [9.17, 15) is 4.79 Å². The topological polar surface area (TPSA) is 44.8 Å². The van der Waals surface area contributed by atoms with Gasteiger partial charge in [0.2, 0.25) is 5.91 Å². The summed E-state index contributed by atoms with van der Waals surface area (Å²) in [7, 11) is 1.64. The van der Waals surface area contributed by atoms with Crippen LogP contribution in [0.3, 0.4) is 0 Å². The van der Waals surface area contributed by atoms with Crippen LogP contribution < -0.4 is 10.1 Å². The summed E-state index contributed by atoms with van der Waals surface area (Å²) in [6.07, 6.45) is 3.83. The van der Waals surface area contributed by atoms with Crippen LogP contribution in [0.1, 0.15) is 26.2 Å². The molecular formula is C18H27N3O2. The highest BCUT2D eigenvalue weighted by Gasteiger charge is 2.33. The van der Waals surface area contributed by atoms with E-state index >= 15 is 0 Å². The largest absolute Gasteiger partial charge is 0.497 e. The molecule has 2 saturated heterocycles. The van der Waals surface area contributed by atoms with E-state index in [-0.39, 0.29) is 11.9 Å². The average Bonchev–Trinajstić information content (AvgIpc) is 3.26. The third-order valence-electron chi connectivity index (χ3n) is 5.14. The molecule has 0 saturated carbocycles. The molecule has 5 heteroatoms. The van der Waals surface area contributed by atoms with Crippen molar-refractivity contribution in [1.82, 2.24) is 9.80 Å². The first-order valence-electron chi connectivity index (χ1n) is 8.60. The van der Waals surface area contributed by atoms with Crippen LogP contribution in [0.2, 0.25) is 0 Å². The summed E-state index contributed by atoms with van der Waals surface area (Å²) >= 11 is 0. The number of hydrogen-bond acceptors (Lipinski definition) is 4. The Balaban J connectivity index is 1.52. The van der Waals surface area contributed by atoms with Gasteiger partial charge in [-0.1, -0.05) is 0 Å². The summed E-state index contributed by atoms with van der Waals surface area (Å²) in [6, 6.07) is 8.01. The molecule has 3 rings (SSSR count). The molecule has 0 unspecified atom stereocenters. The molecule has 0 radical (unpaired) electrons. The lowest BCUT2D eigenvalue weighted by Crippen LogP contribution is -2.43. The Bertz CT molecular complexity index is 526. The molecule has 0 bridgehead atoms. The van der Waals surface area contributed by atoms with Gasteiger partial charge >= 0.3 is 0 Å². The predicted molar refractivity (Wildman–Crippen MR) is 91.9 cm³/mol. The summed E-state index contributed by atoms with van der Waals surface area (Å²) in [5, 5.41) is 3.00. The average molecular weight is 317 g/mol. The van der Waals surface area contributed by atoms with Gasteiger partial charge in [0, 0.05) is 24.8 Å². The standard InChI is InChI=1S/C18H27N3O2/c1-14(18(22)19-15-5-7-17(23-2)8-6-15)21-12-9-16(13-21)20-10-3-4-11-20/h5-8,14,16H,3-4,9-13H2,1-2H3,(H,19,22)/t14-,16-/m1/s1. The fourth-order valence-corrected chi connectivity index (χ4v) is 3.61. The minimum absolute atomic E-state index is 0.0669. The number of likely N-dealkylation sites (tertiary alicyclic amines) is 2. The van der Waals surface area contributed by atoms with E-state index < -0.39 is 0 Å². The number of methoxy groups -OCH3 is 1. The van der Waals surface area contributed by atoms with Crippen LogP contribution in [-0.2, 0) is 4.79 Å². The third-order valence-corrected chi connectivity index (χ3v) is 5.14. The zero-order valence-electron chi connectivity index (χ0n) is 14.1. The SMILES string of the molecule is COc1ccc(NC(=O)[C@@H](C)N2CC[C@@H](N3CCCC3)C2)cc1. The lowest BCUT2D eigenvalue weighted by Gasteiger charge is -2.26. The molecule has 1 N–H and O–H groups in total. The van der Waals surface area contributed by atoms with Crippen LogP contribution in [0.25, 0.3) is 0 Å². The van der Waals surface area contributed by atoms with Crippen molar-refractivity contribution >= 4 is 11.6 Å². The minimum atomic E-state index is -0.0929. The van der Waals surface area contributed by atoms with Crippen molar-refractivity contribution in [3.63, 3.8) is 0 Å². The van der Waals surface area contributed by atoms with Crippen LogP contribution >= 0.6 is 0 Å². The van der Waals surface area contributed by atoms with Crippen LogP contribution in [-0.4, -0.2) is 61.1 Å². The number of carbonyl (C=O) groups excluding carboxylic acids is 1. The number of benzene rings is 1. The van der Waals surface area contributed by atoms with Gasteiger partial charge in [-0.05, 0) is 63.5 Å². The lowest BCUT2D eigenvalue weighted by molar-refractivity contribution is -0.120. The molecule has 5 nitrogen and oxygen atoms in total. The number of anilines is 1. The summed E-state index contributed by atoms with van der Waals surface area (Å²) in [6.45, 7) is 6.48. The highest BCUT2D eigenvalue weighted by Crippen LogP contribution is 2.22. The van der Waals surface area contributed by atoms with Gasteiger partial charge in [0.15, 0.2) is 0 Å². The molecule has 0 aromatic heterocycles. The first-order chi connectivity index (χ1) is 11.2. The smallest absolute Gasteiger partial charge is 0.241 e. The molecule has 1 aromatic rings. The maximum atomic E-state index is 12.5.